The van der Waals surface area contributed by atoms with E-state index in [2.05, 4.69) is 193 Å². The van der Waals surface area contributed by atoms with Crippen molar-refractivity contribution in [3.63, 3.8) is 0 Å². The second-order valence-electron chi connectivity index (χ2n) is 12.6. The highest BCUT2D eigenvalue weighted by Crippen LogP contribution is 2.45. The molecule has 1 aliphatic heterocycles. The van der Waals surface area contributed by atoms with Crippen molar-refractivity contribution in [2.24, 2.45) is 0 Å². The van der Waals surface area contributed by atoms with Gasteiger partial charge < -0.3 is 10.2 Å². The van der Waals surface area contributed by atoms with E-state index in [0.717, 1.165) is 5.69 Å². The Labute approximate surface area is 281 Å². The molecule has 2 heteroatoms. The van der Waals surface area contributed by atoms with Crippen LogP contribution in [0.2, 0.25) is 0 Å². The minimum absolute atomic E-state index is 0.186. The normalized spacial score (nSPS) is 13.9. The van der Waals surface area contributed by atoms with E-state index in [0.29, 0.717) is 0 Å². The van der Waals surface area contributed by atoms with Crippen molar-refractivity contribution >= 4 is 38.6 Å². The number of fused-ring (bicyclic) bond motifs is 3. The van der Waals surface area contributed by atoms with Crippen LogP contribution in [0.3, 0.4) is 0 Å². The van der Waals surface area contributed by atoms with Crippen LogP contribution in [0.4, 0.5) is 17.1 Å². The monoisotopic (exact) mass is 614 g/mol. The van der Waals surface area contributed by atoms with Gasteiger partial charge in [-0.25, -0.2) is 0 Å². The Morgan fingerprint density at radius 1 is 0.396 bits per heavy atom. The van der Waals surface area contributed by atoms with E-state index in [-0.39, 0.29) is 6.17 Å². The maximum Gasteiger partial charge on any atom is 0.101 e. The number of rotatable bonds is 5. The molecule has 48 heavy (non-hydrogen) atoms. The highest BCUT2D eigenvalue weighted by atomic mass is 15.3. The van der Waals surface area contributed by atoms with Crippen molar-refractivity contribution in [1.29, 1.82) is 0 Å². The van der Waals surface area contributed by atoms with Gasteiger partial charge in [-0.05, 0) is 97.2 Å². The molecule has 0 saturated heterocycles. The van der Waals surface area contributed by atoms with Gasteiger partial charge in [0.1, 0.15) is 6.17 Å². The molecule has 8 aromatic carbocycles. The van der Waals surface area contributed by atoms with Gasteiger partial charge in [0.15, 0.2) is 0 Å². The van der Waals surface area contributed by atoms with Crippen LogP contribution in [-0.4, -0.2) is 6.17 Å². The molecule has 0 aliphatic carbocycles. The minimum Gasteiger partial charge on any atom is -0.363 e. The lowest BCUT2D eigenvalue weighted by Crippen LogP contribution is -2.28. The number of hydrogen-bond acceptors (Lipinski definition) is 2. The first-order chi connectivity index (χ1) is 23.7. The van der Waals surface area contributed by atoms with Crippen LogP contribution in [0, 0.1) is 0 Å². The molecule has 9 rings (SSSR count). The van der Waals surface area contributed by atoms with E-state index in [1.807, 2.05) is 0 Å². The molecule has 0 aromatic heterocycles. The van der Waals surface area contributed by atoms with Gasteiger partial charge in [-0.15, -0.1) is 0 Å². The summed E-state index contributed by atoms with van der Waals surface area (Å²) in [4.78, 5) is 2.36. The second-order valence-corrected chi connectivity index (χ2v) is 12.6. The Bertz CT molecular complexity index is 2350. The Hall–Kier alpha value is -6.12. The van der Waals surface area contributed by atoms with Gasteiger partial charge in [-0.3, -0.25) is 0 Å². The Morgan fingerprint density at radius 3 is 1.31 bits per heavy atom. The Morgan fingerprint density at radius 2 is 0.792 bits per heavy atom. The SMILES string of the molecule is CC1Nc2cc(-c3ccc(-c4c5ccccc5c(-c5ccc(-c6ccccc6)cc5)c5ccccc45)cc3)ccc2N1c1ccccc1. The first-order valence-corrected chi connectivity index (χ1v) is 16.7. The lowest BCUT2D eigenvalue weighted by Gasteiger charge is -2.23. The van der Waals surface area contributed by atoms with Crippen molar-refractivity contribution < 1.29 is 0 Å². The van der Waals surface area contributed by atoms with Crippen LogP contribution >= 0.6 is 0 Å². The number of hydrogen-bond donors (Lipinski definition) is 1. The van der Waals surface area contributed by atoms with Crippen LogP contribution in [0.15, 0.2) is 176 Å². The molecule has 1 N–H and O–H groups in total. The zero-order chi connectivity index (χ0) is 32.0. The Balaban J connectivity index is 1.12. The third-order valence-electron chi connectivity index (χ3n) is 9.76. The zero-order valence-electron chi connectivity index (χ0n) is 26.8. The summed E-state index contributed by atoms with van der Waals surface area (Å²) in [5.74, 6) is 0. The van der Waals surface area contributed by atoms with Gasteiger partial charge in [-0.1, -0.05) is 152 Å². The van der Waals surface area contributed by atoms with E-state index in [1.165, 1.54) is 77.4 Å². The summed E-state index contributed by atoms with van der Waals surface area (Å²) < 4.78 is 0. The lowest BCUT2D eigenvalue weighted by atomic mass is 9.85. The first kappa shape index (κ1) is 28.1. The fourth-order valence-corrected chi connectivity index (χ4v) is 7.53. The van der Waals surface area contributed by atoms with E-state index in [4.69, 9.17) is 0 Å². The predicted molar refractivity (Wildman–Crippen MR) is 205 cm³/mol. The molecule has 1 unspecified atom stereocenters. The van der Waals surface area contributed by atoms with Crippen LogP contribution < -0.4 is 10.2 Å². The molecule has 0 bridgehead atoms. The molecule has 1 aliphatic rings. The molecular formula is C46H34N2. The Kier molecular flexibility index (Phi) is 6.80. The third-order valence-corrected chi connectivity index (χ3v) is 9.76. The zero-order valence-corrected chi connectivity index (χ0v) is 26.8. The first-order valence-electron chi connectivity index (χ1n) is 16.7. The van der Waals surface area contributed by atoms with Gasteiger partial charge >= 0.3 is 0 Å². The van der Waals surface area contributed by atoms with Gasteiger partial charge in [0.25, 0.3) is 0 Å². The van der Waals surface area contributed by atoms with Crippen molar-refractivity contribution in [3.8, 4) is 44.5 Å². The topological polar surface area (TPSA) is 15.3 Å². The largest absolute Gasteiger partial charge is 0.363 e. The van der Waals surface area contributed by atoms with Crippen molar-refractivity contribution in [3.05, 3.63) is 176 Å². The van der Waals surface area contributed by atoms with E-state index < -0.39 is 0 Å². The molecule has 1 atom stereocenters. The highest BCUT2D eigenvalue weighted by Gasteiger charge is 2.27. The van der Waals surface area contributed by atoms with Crippen molar-refractivity contribution in [2.45, 2.75) is 13.1 Å². The van der Waals surface area contributed by atoms with Crippen LogP contribution in [0.1, 0.15) is 6.92 Å². The molecular weight excluding hydrogens is 581 g/mol. The van der Waals surface area contributed by atoms with Crippen LogP contribution in [0.25, 0.3) is 66.1 Å². The summed E-state index contributed by atoms with van der Waals surface area (Å²) in [5, 5.41) is 8.76. The average Bonchev–Trinajstić information content (AvgIpc) is 3.49. The number of para-hydroxylation sites is 1. The van der Waals surface area contributed by atoms with Gasteiger partial charge in [0, 0.05) is 5.69 Å². The maximum absolute atomic E-state index is 3.69. The summed E-state index contributed by atoms with van der Waals surface area (Å²) in [5.41, 5.74) is 13.5. The third kappa shape index (κ3) is 4.73. The summed E-state index contributed by atoms with van der Waals surface area (Å²) in [6.07, 6.45) is 0.186. The average molecular weight is 615 g/mol. The van der Waals surface area contributed by atoms with Crippen molar-refractivity contribution in [1.82, 2.24) is 0 Å². The molecule has 1 heterocycles. The maximum atomic E-state index is 3.69. The second kappa shape index (κ2) is 11.6. The van der Waals surface area contributed by atoms with E-state index in [9.17, 15) is 0 Å². The molecule has 0 amide bonds. The van der Waals surface area contributed by atoms with Gasteiger partial charge in [0.2, 0.25) is 0 Å². The number of benzene rings is 8. The molecule has 0 spiro atoms. The fraction of sp³-hybridized carbons (Fsp3) is 0.0435. The number of nitrogens with one attached hydrogen (secondary N) is 1. The standard InChI is InChI=1S/C46H34N2/c1-31-47-43-30-37(28-29-44(43)48(31)38-14-6-3-7-15-38)34-22-26-36(27-23-34)46-41-18-10-8-16-39(41)45(40-17-9-11-19-42(40)46)35-24-20-33(21-25-35)32-12-4-2-5-13-32/h2-31,47H,1H3. The van der Waals surface area contributed by atoms with Crippen LogP contribution in [-0.2, 0) is 0 Å². The summed E-state index contributed by atoms with van der Waals surface area (Å²) in [6, 6.07) is 63.9. The minimum atomic E-state index is 0.186. The van der Waals surface area contributed by atoms with E-state index in [1.54, 1.807) is 0 Å². The highest BCUT2D eigenvalue weighted by molar-refractivity contribution is 6.21. The molecule has 228 valence electrons. The number of nitrogens with zero attached hydrogens (tertiary/aromatic N) is 1. The van der Waals surface area contributed by atoms with E-state index >= 15 is 0 Å². The molecule has 0 saturated carbocycles. The lowest BCUT2D eigenvalue weighted by molar-refractivity contribution is 0.843. The van der Waals surface area contributed by atoms with Crippen LogP contribution in [0.5, 0.6) is 0 Å². The van der Waals surface area contributed by atoms with Gasteiger partial charge in [0.05, 0.1) is 11.4 Å². The smallest absolute Gasteiger partial charge is 0.101 e. The predicted octanol–water partition coefficient (Wildman–Crippen LogP) is 12.6. The number of anilines is 3. The van der Waals surface area contributed by atoms with Crippen molar-refractivity contribution in [2.75, 3.05) is 10.2 Å². The molecule has 0 radical (unpaired) electrons. The molecule has 0 fully saturated rings. The summed E-state index contributed by atoms with van der Waals surface area (Å²) >= 11 is 0. The quantitative estimate of drug-likeness (QED) is 0.194. The molecule has 8 aromatic rings. The summed E-state index contributed by atoms with van der Waals surface area (Å²) in [6.45, 7) is 2.21. The fourth-order valence-electron chi connectivity index (χ4n) is 7.53. The molecule has 2 nitrogen and oxygen atoms in total. The van der Waals surface area contributed by atoms with Gasteiger partial charge in [-0.2, -0.15) is 0 Å². The summed E-state index contributed by atoms with van der Waals surface area (Å²) in [7, 11) is 0.